The summed E-state index contributed by atoms with van der Waals surface area (Å²) >= 11 is 2.53. The van der Waals surface area contributed by atoms with Gasteiger partial charge in [-0.15, -0.1) is 0 Å². The molecule has 52 heavy (non-hydrogen) atoms. The van der Waals surface area contributed by atoms with Crippen molar-refractivity contribution in [1.82, 2.24) is 0 Å². The van der Waals surface area contributed by atoms with Gasteiger partial charge in [0, 0.05) is 34.3 Å². The number of benzene rings is 2. The minimum Gasteiger partial charge on any atom is -0.494 e. The average Bonchev–Trinajstić information content (AvgIpc) is 3.53. The first-order valence-corrected chi connectivity index (χ1v) is 17.8. The lowest BCUT2D eigenvalue weighted by Gasteiger charge is -2.50. The maximum Gasteiger partial charge on any atom is 0.345 e. The van der Waals surface area contributed by atoms with Gasteiger partial charge in [-0.05, 0) is 62.7 Å². The SMILES string of the molecule is CCOc1ccc2c(c1)C1=C(SC(C(=O)OC)=C(C(=O)OC)C13SC(C(=O)OC)=C(C(=O)OC)S3)C(C)(C)N2C(=O)C=Cc1ccc([N+](=O)[O-])cc1. The number of thioether (sulfide) groups is 3. The Labute approximate surface area is 310 Å². The first-order chi connectivity index (χ1) is 24.7. The first-order valence-electron chi connectivity index (χ1n) is 15.4. The molecule has 0 unspecified atom stereocenters. The van der Waals surface area contributed by atoms with E-state index in [4.69, 9.17) is 23.7 Å². The molecule has 0 radical (unpaired) electrons. The lowest BCUT2D eigenvalue weighted by molar-refractivity contribution is -0.384. The smallest absolute Gasteiger partial charge is 0.345 e. The van der Waals surface area contributed by atoms with E-state index in [0.717, 1.165) is 63.7 Å². The van der Waals surface area contributed by atoms with Crippen molar-refractivity contribution in [2.75, 3.05) is 39.9 Å². The highest BCUT2D eigenvalue weighted by molar-refractivity contribution is 8.26. The quantitative estimate of drug-likeness (QED) is 0.101. The van der Waals surface area contributed by atoms with Gasteiger partial charge < -0.3 is 23.7 Å². The zero-order valence-corrected chi connectivity index (χ0v) is 31.4. The van der Waals surface area contributed by atoms with Crippen molar-refractivity contribution in [3.8, 4) is 5.75 Å². The third kappa shape index (κ3) is 6.47. The number of ether oxygens (including phenoxy) is 5. The summed E-state index contributed by atoms with van der Waals surface area (Å²) in [7, 11) is 4.55. The van der Waals surface area contributed by atoms with Gasteiger partial charge in [0.15, 0.2) is 0 Å². The summed E-state index contributed by atoms with van der Waals surface area (Å²) in [6.07, 6.45) is 2.84. The minimum atomic E-state index is -1.76. The van der Waals surface area contributed by atoms with Gasteiger partial charge in [-0.3, -0.25) is 19.8 Å². The number of nitro benzene ring substituents is 1. The summed E-state index contributed by atoms with van der Waals surface area (Å²) in [6.45, 7) is 5.58. The van der Waals surface area contributed by atoms with Crippen molar-refractivity contribution >= 4 is 88.1 Å². The Hall–Kier alpha value is -5.00. The fraction of sp³-hybridized carbons (Fsp3) is 0.286. The van der Waals surface area contributed by atoms with Gasteiger partial charge in [0.05, 0.1) is 56.8 Å². The number of non-ortho nitro benzene ring substituents is 1. The molecule has 272 valence electrons. The molecule has 17 heteroatoms. The second kappa shape index (κ2) is 14.9. The van der Waals surface area contributed by atoms with E-state index in [2.05, 4.69) is 0 Å². The Balaban J connectivity index is 1.81. The molecule has 0 bridgehead atoms. The zero-order chi connectivity index (χ0) is 38.1. The fourth-order valence-corrected chi connectivity index (χ4v) is 11.0. The third-order valence-corrected chi connectivity index (χ3v) is 12.8. The van der Waals surface area contributed by atoms with Crippen molar-refractivity contribution in [2.45, 2.75) is 30.4 Å². The van der Waals surface area contributed by atoms with Crippen molar-refractivity contribution in [3.05, 3.63) is 95.0 Å². The molecule has 0 atom stereocenters. The third-order valence-electron chi connectivity index (χ3n) is 8.16. The summed E-state index contributed by atoms with van der Waals surface area (Å²) in [4.78, 5) is 80.3. The van der Waals surface area contributed by atoms with Gasteiger partial charge in [0.1, 0.15) is 24.5 Å². The van der Waals surface area contributed by atoms with Crippen LogP contribution in [0, 0.1) is 10.1 Å². The Morgan fingerprint density at radius 1 is 0.827 bits per heavy atom. The lowest BCUT2D eigenvalue weighted by Crippen LogP contribution is -2.53. The number of carbonyl (C=O) groups excluding carboxylic acids is 5. The van der Waals surface area contributed by atoms with Gasteiger partial charge >= 0.3 is 23.9 Å². The largest absolute Gasteiger partial charge is 0.494 e. The molecule has 3 aliphatic heterocycles. The summed E-state index contributed by atoms with van der Waals surface area (Å²) in [5.74, 6) is -3.68. The van der Waals surface area contributed by atoms with E-state index in [1.165, 1.54) is 41.3 Å². The van der Waals surface area contributed by atoms with E-state index in [1.807, 2.05) is 0 Å². The summed E-state index contributed by atoms with van der Waals surface area (Å²) in [6, 6.07) is 10.7. The second-order valence-electron chi connectivity index (χ2n) is 11.5. The van der Waals surface area contributed by atoms with Crippen LogP contribution in [-0.4, -0.2) is 79.4 Å². The molecule has 1 spiro atoms. The molecule has 1 amide bonds. The van der Waals surface area contributed by atoms with Crippen LogP contribution in [0.1, 0.15) is 31.9 Å². The summed E-state index contributed by atoms with van der Waals surface area (Å²) in [5, 5.41) is 11.1. The number of rotatable bonds is 9. The highest BCUT2D eigenvalue weighted by Gasteiger charge is 2.61. The van der Waals surface area contributed by atoms with E-state index in [0.29, 0.717) is 39.6 Å². The van der Waals surface area contributed by atoms with Crippen molar-refractivity contribution in [2.24, 2.45) is 0 Å². The number of hydrogen-bond donors (Lipinski definition) is 0. The summed E-state index contributed by atoms with van der Waals surface area (Å²) < 4.78 is 24.6. The van der Waals surface area contributed by atoms with Gasteiger partial charge in [-0.1, -0.05) is 35.3 Å². The highest BCUT2D eigenvalue weighted by Crippen LogP contribution is 2.71. The predicted octanol–water partition coefficient (Wildman–Crippen LogP) is 5.62. The van der Waals surface area contributed by atoms with Gasteiger partial charge in [0.25, 0.3) is 11.6 Å². The molecule has 3 heterocycles. The molecule has 2 aromatic carbocycles. The van der Waals surface area contributed by atoms with Crippen LogP contribution in [-0.2, 0) is 42.9 Å². The predicted molar refractivity (Wildman–Crippen MR) is 196 cm³/mol. The molecule has 0 N–H and O–H groups in total. The number of esters is 4. The fourth-order valence-electron chi connectivity index (χ4n) is 5.90. The summed E-state index contributed by atoms with van der Waals surface area (Å²) in [5.41, 5.74) is 0.111. The number of nitro groups is 1. The number of anilines is 1. The van der Waals surface area contributed by atoms with Crippen molar-refractivity contribution in [3.63, 3.8) is 0 Å². The van der Waals surface area contributed by atoms with E-state index < -0.39 is 44.3 Å². The van der Waals surface area contributed by atoms with Crippen LogP contribution in [0.4, 0.5) is 11.4 Å². The number of carbonyl (C=O) groups is 5. The van der Waals surface area contributed by atoms with Crippen LogP contribution in [0.3, 0.4) is 0 Å². The Morgan fingerprint density at radius 3 is 1.90 bits per heavy atom. The van der Waals surface area contributed by atoms with E-state index >= 15 is 0 Å². The topological polar surface area (TPSA) is 178 Å². The van der Waals surface area contributed by atoms with Gasteiger partial charge in [0.2, 0.25) is 0 Å². The molecule has 0 saturated carbocycles. The molecule has 2 aromatic rings. The number of nitrogens with zero attached hydrogens (tertiary/aromatic N) is 2. The van der Waals surface area contributed by atoms with Crippen molar-refractivity contribution < 1.29 is 52.6 Å². The molecule has 3 aliphatic rings. The van der Waals surface area contributed by atoms with E-state index in [1.54, 1.807) is 39.0 Å². The first kappa shape index (κ1) is 38.2. The Kier molecular flexibility index (Phi) is 11.0. The Morgan fingerprint density at radius 2 is 1.38 bits per heavy atom. The number of amides is 1. The molecular weight excluding hydrogens is 737 g/mol. The van der Waals surface area contributed by atoms with E-state index in [9.17, 15) is 34.1 Å². The molecule has 0 aromatic heterocycles. The molecule has 0 saturated heterocycles. The zero-order valence-electron chi connectivity index (χ0n) is 28.9. The average molecular weight is 769 g/mol. The minimum absolute atomic E-state index is 0.106. The molecule has 0 fully saturated rings. The molecule has 0 aliphatic carbocycles. The van der Waals surface area contributed by atoms with Crippen LogP contribution in [0.15, 0.2) is 73.7 Å². The highest BCUT2D eigenvalue weighted by atomic mass is 32.2. The van der Waals surface area contributed by atoms with Crippen LogP contribution in [0.5, 0.6) is 5.75 Å². The maximum atomic E-state index is 14.3. The van der Waals surface area contributed by atoms with Gasteiger partial charge in [-0.2, -0.15) is 0 Å². The second-order valence-corrected chi connectivity index (χ2v) is 15.2. The number of fused-ring (bicyclic) bond motifs is 3. The number of hydrogen-bond acceptors (Lipinski definition) is 15. The standard InChI is InChI=1S/C35H32N2O12S3/c1-8-49-20-14-15-22-21(17-20)24-29(34(2,3)36(22)23(38)16-11-18-9-12-19(13-10-18)37(43)44)50-26(31(40)46-5)25(30(39)45-4)35(24)51-27(32(41)47-6)28(52-35)33(42)48-7/h9-17H,8H2,1-7H3. The van der Waals surface area contributed by atoms with Crippen molar-refractivity contribution in [1.29, 1.82) is 0 Å². The maximum absolute atomic E-state index is 14.3. The van der Waals surface area contributed by atoms with Crippen LogP contribution < -0.4 is 9.64 Å². The van der Waals surface area contributed by atoms with Gasteiger partial charge in [-0.25, -0.2) is 19.2 Å². The van der Waals surface area contributed by atoms with E-state index in [-0.39, 0.29) is 26.0 Å². The van der Waals surface area contributed by atoms with Crippen LogP contribution in [0.2, 0.25) is 0 Å². The van der Waals surface area contributed by atoms with Crippen LogP contribution >= 0.6 is 35.3 Å². The Bertz CT molecular complexity index is 2000. The number of methoxy groups -OCH3 is 4. The normalized spacial score (nSPS) is 17.1. The molecular formula is C35H32N2O12S3. The molecule has 14 nitrogen and oxygen atoms in total. The molecule has 5 rings (SSSR count). The van der Waals surface area contributed by atoms with Crippen LogP contribution in [0.25, 0.3) is 11.6 Å². The monoisotopic (exact) mass is 768 g/mol. The lowest BCUT2D eigenvalue weighted by atomic mass is 9.83.